The van der Waals surface area contributed by atoms with Crippen LogP contribution in [0.25, 0.3) is 0 Å². The highest BCUT2D eigenvalue weighted by Crippen LogP contribution is 2.34. The highest BCUT2D eigenvalue weighted by atomic mass is 35.5. The molecule has 2 rings (SSSR count). The van der Waals surface area contributed by atoms with Crippen LogP contribution >= 0.6 is 11.6 Å². The summed E-state index contributed by atoms with van der Waals surface area (Å²) in [6.45, 7) is 2.67. The van der Waals surface area contributed by atoms with Crippen molar-refractivity contribution >= 4 is 23.5 Å². The lowest BCUT2D eigenvalue weighted by molar-refractivity contribution is -0.152. The highest BCUT2D eigenvalue weighted by Gasteiger charge is 2.41. The largest absolute Gasteiger partial charge is 0.493 e. The van der Waals surface area contributed by atoms with Gasteiger partial charge in [-0.1, -0.05) is 17.7 Å². The van der Waals surface area contributed by atoms with Crippen molar-refractivity contribution in [3.8, 4) is 5.75 Å². The summed E-state index contributed by atoms with van der Waals surface area (Å²) in [5, 5.41) is 12.3. The van der Waals surface area contributed by atoms with Gasteiger partial charge in [0, 0.05) is 17.1 Å². The molecule has 6 heteroatoms. The lowest BCUT2D eigenvalue weighted by Crippen LogP contribution is -2.43. The summed E-state index contributed by atoms with van der Waals surface area (Å²) in [4.78, 5) is 22.9. The molecule has 2 N–H and O–H groups in total. The van der Waals surface area contributed by atoms with Gasteiger partial charge in [0.15, 0.2) is 0 Å². The number of halogens is 1. The van der Waals surface area contributed by atoms with Crippen molar-refractivity contribution < 1.29 is 19.4 Å². The molecule has 1 amide bonds. The normalized spacial score (nSPS) is 20.5. The minimum Gasteiger partial charge on any atom is -0.493 e. The van der Waals surface area contributed by atoms with E-state index < -0.39 is 17.8 Å². The summed E-state index contributed by atoms with van der Waals surface area (Å²) in [6.07, 6.45) is 1.19. The second-order valence-electron chi connectivity index (χ2n) is 5.03. The van der Waals surface area contributed by atoms with Crippen LogP contribution in [0.1, 0.15) is 25.3 Å². The fourth-order valence-electron chi connectivity index (χ4n) is 2.39. The molecule has 0 aliphatic heterocycles. The smallest absolute Gasteiger partial charge is 0.307 e. The Kier molecular flexibility index (Phi) is 5.07. The van der Waals surface area contributed by atoms with Crippen LogP contribution < -0.4 is 10.1 Å². The molecule has 21 heavy (non-hydrogen) atoms. The molecule has 2 unspecified atom stereocenters. The first-order valence-corrected chi connectivity index (χ1v) is 7.32. The number of ether oxygens (including phenoxy) is 1. The molecule has 1 fully saturated rings. The molecule has 0 aromatic heterocycles. The number of rotatable bonds is 6. The lowest BCUT2D eigenvalue weighted by Gasteiger charge is -2.32. The number of carbonyl (C=O) groups is 2. The first kappa shape index (κ1) is 15.6. The van der Waals surface area contributed by atoms with Crippen molar-refractivity contribution in [2.24, 2.45) is 11.8 Å². The Hall–Kier alpha value is -1.75. The summed E-state index contributed by atoms with van der Waals surface area (Å²) in [6, 6.07) is 5.23. The van der Waals surface area contributed by atoms with Crippen molar-refractivity contribution in [3.05, 3.63) is 28.8 Å². The SMILES string of the molecule is CCOc1cc(Cl)ccc1CNC(=O)C1CCC1C(=O)O. The molecule has 1 aliphatic rings. The van der Waals surface area contributed by atoms with Gasteiger partial charge in [0.1, 0.15) is 5.75 Å². The van der Waals surface area contributed by atoms with Gasteiger partial charge in [-0.25, -0.2) is 0 Å². The third kappa shape index (κ3) is 3.67. The second-order valence-corrected chi connectivity index (χ2v) is 5.47. The van der Waals surface area contributed by atoms with Gasteiger partial charge in [-0.3, -0.25) is 9.59 Å². The van der Waals surface area contributed by atoms with Gasteiger partial charge in [0.2, 0.25) is 5.91 Å². The number of benzene rings is 1. The van der Waals surface area contributed by atoms with E-state index in [0.29, 0.717) is 36.8 Å². The van der Waals surface area contributed by atoms with E-state index in [0.717, 1.165) is 5.56 Å². The first-order chi connectivity index (χ1) is 10.0. The maximum absolute atomic E-state index is 12.0. The van der Waals surface area contributed by atoms with Crippen molar-refractivity contribution in [3.63, 3.8) is 0 Å². The minimum atomic E-state index is -0.900. The van der Waals surface area contributed by atoms with Gasteiger partial charge in [0.05, 0.1) is 18.4 Å². The average molecular weight is 312 g/mol. The summed E-state index contributed by atoms with van der Waals surface area (Å²) in [5.41, 5.74) is 0.820. The van der Waals surface area contributed by atoms with Gasteiger partial charge in [0.25, 0.3) is 0 Å². The lowest BCUT2D eigenvalue weighted by atomic mass is 9.73. The maximum atomic E-state index is 12.0. The summed E-state index contributed by atoms with van der Waals surface area (Å²) >= 11 is 5.92. The topological polar surface area (TPSA) is 75.6 Å². The number of hydrogen-bond donors (Lipinski definition) is 2. The van der Waals surface area contributed by atoms with E-state index in [-0.39, 0.29) is 5.91 Å². The van der Waals surface area contributed by atoms with Crippen LogP contribution in [-0.4, -0.2) is 23.6 Å². The van der Waals surface area contributed by atoms with E-state index in [4.69, 9.17) is 21.4 Å². The molecule has 0 saturated heterocycles. The van der Waals surface area contributed by atoms with Gasteiger partial charge < -0.3 is 15.2 Å². The summed E-state index contributed by atoms with van der Waals surface area (Å²) < 4.78 is 5.48. The third-order valence-electron chi connectivity index (χ3n) is 3.71. The molecule has 1 saturated carbocycles. The quantitative estimate of drug-likeness (QED) is 0.846. The van der Waals surface area contributed by atoms with Gasteiger partial charge in [-0.2, -0.15) is 0 Å². The van der Waals surface area contributed by atoms with Crippen LogP contribution in [-0.2, 0) is 16.1 Å². The zero-order chi connectivity index (χ0) is 15.4. The molecule has 1 aromatic carbocycles. The summed E-state index contributed by atoms with van der Waals surface area (Å²) in [5.74, 6) is -1.46. The maximum Gasteiger partial charge on any atom is 0.307 e. The van der Waals surface area contributed by atoms with Crippen molar-refractivity contribution in [2.45, 2.75) is 26.3 Å². The van der Waals surface area contributed by atoms with Crippen LogP contribution in [0.3, 0.4) is 0 Å². The molecule has 0 bridgehead atoms. The van der Waals surface area contributed by atoms with Crippen LogP contribution in [0.4, 0.5) is 0 Å². The Bertz CT molecular complexity index is 546. The highest BCUT2D eigenvalue weighted by molar-refractivity contribution is 6.30. The van der Waals surface area contributed by atoms with Gasteiger partial charge in [-0.05, 0) is 31.9 Å². The van der Waals surface area contributed by atoms with E-state index in [1.54, 1.807) is 18.2 Å². The first-order valence-electron chi connectivity index (χ1n) is 6.94. The summed E-state index contributed by atoms with van der Waals surface area (Å²) in [7, 11) is 0. The number of hydrogen-bond acceptors (Lipinski definition) is 3. The Labute approximate surface area is 128 Å². The number of carbonyl (C=O) groups excluding carboxylic acids is 1. The van der Waals surface area contributed by atoms with Crippen molar-refractivity contribution in [1.82, 2.24) is 5.32 Å². The second kappa shape index (κ2) is 6.80. The molecule has 0 spiro atoms. The Morgan fingerprint density at radius 3 is 2.67 bits per heavy atom. The fourth-order valence-corrected chi connectivity index (χ4v) is 2.55. The van der Waals surface area contributed by atoms with E-state index in [1.165, 1.54) is 0 Å². The number of aliphatic carboxylic acids is 1. The Balaban J connectivity index is 1.96. The van der Waals surface area contributed by atoms with Crippen LogP contribution in [0.5, 0.6) is 5.75 Å². The predicted molar refractivity (Wildman–Crippen MR) is 78.3 cm³/mol. The standard InChI is InChI=1S/C15H18ClNO4/c1-2-21-13-7-10(16)4-3-9(13)8-17-14(18)11-5-6-12(11)15(19)20/h3-4,7,11-12H,2,5-6,8H2,1H3,(H,17,18)(H,19,20). The molecule has 1 aliphatic carbocycles. The third-order valence-corrected chi connectivity index (χ3v) is 3.95. The number of carboxylic acid groups (broad SMARTS) is 1. The zero-order valence-electron chi connectivity index (χ0n) is 11.8. The number of nitrogens with one attached hydrogen (secondary N) is 1. The van der Waals surface area contributed by atoms with Crippen molar-refractivity contribution in [2.75, 3.05) is 6.61 Å². The number of amides is 1. The van der Waals surface area contributed by atoms with E-state index in [1.807, 2.05) is 6.92 Å². The fraction of sp³-hybridized carbons (Fsp3) is 0.467. The molecule has 0 heterocycles. The Morgan fingerprint density at radius 1 is 1.38 bits per heavy atom. The van der Waals surface area contributed by atoms with Crippen LogP contribution in [0.2, 0.25) is 5.02 Å². The van der Waals surface area contributed by atoms with Gasteiger partial charge in [-0.15, -0.1) is 0 Å². The minimum absolute atomic E-state index is 0.217. The van der Waals surface area contributed by atoms with Crippen LogP contribution in [0.15, 0.2) is 18.2 Å². The van der Waals surface area contributed by atoms with E-state index >= 15 is 0 Å². The molecule has 5 nitrogen and oxygen atoms in total. The van der Waals surface area contributed by atoms with E-state index in [9.17, 15) is 9.59 Å². The molecule has 2 atom stereocenters. The zero-order valence-corrected chi connectivity index (χ0v) is 12.5. The van der Waals surface area contributed by atoms with Gasteiger partial charge >= 0.3 is 5.97 Å². The van der Waals surface area contributed by atoms with Crippen molar-refractivity contribution in [1.29, 1.82) is 0 Å². The molecule has 1 aromatic rings. The molecular weight excluding hydrogens is 294 g/mol. The van der Waals surface area contributed by atoms with Crippen LogP contribution in [0, 0.1) is 11.8 Å². The molecule has 114 valence electrons. The molecule has 0 radical (unpaired) electrons. The van der Waals surface area contributed by atoms with E-state index in [2.05, 4.69) is 5.32 Å². The predicted octanol–water partition coefficient (Wildman–Crippen LogP) is 2.47. The number of carboxylic acids is 1. The molecular formula is C15H18ClNO4. The monoisotopic (exact) mass is 311 g/mol. The average Bonchev–Trinajstić information content (AvgIpc) is 2.36. The Morgan fingerprint density at radius 2 is 2.10 bits per heavy atom.